The van der Waals surface area contributed by atoms with Gasteiger partial charge in [0, 0.05) is 18.0 Å². The van der Waals surface area contributed by atoms with Gasteiger partial charge in [0.05, 0.1) is 6.54 Å². The summed E-state index contributed by atoms with van der Waals surface area (Å²) >= 11 is 0. The first kappa shape index (κ1) is 20.5. The molecule has 0 aliphatic rings. The number of carbonyl (C=O) groups excluding carboxylic acids is 1. The van der Waals surface area contributed by atoms with E-state index in [4.69, 9.17) is 0 Å². The standard InChI is InChI=1S/C21H23FN8O/c1-13-11-17(27-26-13)23-20-16-5-4-10-30(16)28-21(25-20)19(24-18(31)12-29(2)3)14-6-8-15(22)9-7-14/h4-11,19H,12H2,1-3H3,(H,24,31)(H2,23,25,26,27,28). The largest absolute Gasteiger partial charge is 0.341 e. The zero-order valence-corrected chi connectivity index (χ0v) is 17.4. The summed E-state index contributed by atoms with van der Waals surface area (Å²) in [4.78, 5) is 19.0. The SMILES string of the molecule is Cc1cc(Nc2nc(C(NC(=O)CN(C)C)c3ccc(F)cc3)nn3cccc23)n[nH]1. The molecule has 4 aromatic rings. The monoisotopic (exact) mass is 422 g/mol. The van der Waals surface area contributed by atoms with Gasteiger partial charge in [-0.3, -0.25) is 9.89 Å². The molecule has 0 aliphatic heterocycles. The van der Waals surface area contributed by atoms with E-state index in [0.717, 1.165) is 11.2 Å². The van der Waals surface area contributed by atoms with E-state index in [2.05, 4.69) is 30.9 Å². The fourth-order valence-corrected chi connectivity index (χ4v) is 3.22. The molecule has 10 heteroatoms. The summed E-state index contributed by atoms with van der Waals surface area (Å²) < 4.78 is 15.2. The third-order valence-electron chi connectivity index (χ3n) is 4.59. The maximum absolute atomic E-state index is 13.5. The van der Waals surface area contributed by atoms with Crippen molar-refractivity contribution >= 4 is 23.1 Å². The second kappa shape index (κ2) is 8.52. The lowest BCUT2D eigenvalue weighted by Crippen LogP contribution is -2.37. The highest BCUT2D eigenvalue weighted by molar-refractivity contribution is 5.79. The van der Waals surface area contributed by atoms with Crippen molar-refractivity contribution in [1.82, 2.24) is 35.0 Å². The summed E-state index contributed by atoms with van der Waals surface area (Å²) in [6.07, 6.45) is 1.80. The maximum Gasteiger partial charge on any atom is 0.235 e. The van der Waals surface area contributed by atoms with E-state index in [9.17, 15) is 9.18 Å². The normalized spacial score (nSPS) is 12.3. The Morgan fingerprint density at radius 3 is 2.71 bits per heavy atom. The Bertz CT molecular complexity index is 1200. The number of likely N-dealkylation sites (N-methyl/N-ethyl adjacent to an activating group) is 1. The van der Waals surface area contributed by atoms with Gasteiger partial charge in [-0.25, -0.2) is 13.9 Å². The van der Waals surface area contributed by atoms with Crippen LogP contribution in [0.15, 0.2) is 48.7 Å². The Morgan fingerprint density at radius 1 is 1.26 bits per heavy atom. The zero-order chi connectivity index (χ0) is 22.0. The highest BCUT2D eigenvalue weighted by Gasteiger charge is 2.22. The van der Waals surface area contributed by atoms with Crippen molar-refractivity contribution in [2.24, 2.45) is 0 Å². The summed E-state index contributed by atoms with van der Waals surface area (Å²) in [7, 11) is 3.62. The van der Waals surface area contributed by atoms with Crippen LogP contribution in [0.1, 0.15) is 23.1 Å². The molecule has 160 valence electrons. The number of aromatic amines is 1. The first-order valence-electron chi connectivity index (χ1n) is 9.73. The van der Waals surface area contributed by atoms with Gasteiger partial charge in [0.15, 0.2) is 17.5 Å². The van der Waals surface area contributed by atoms with Crippen LogP contribution in [0.3, 0.4) is 0 Å². The van der Waals surface area contributed by atoms with Gasteiger partial charge < -0.3 is 15.5 Å². The molecule has 3 heterocycles. The second-order valence-electron chi connectivity index (χ2n) is 7.51. The van der Waals surface area contributed by atoms with Gasteiger partial charge in [-0.05, 0) is 50.8 Å². The molecule has 1 atom stereocenters. The Balaban J connectivity index is 1.76. The molecule has 0 saturated carbocycles. The summed E-state index contributed by atoms with van der Waals surface area (Å²) in [5.74, 6) is 0.945. The molecule has 0 fully saturated rings. The van der Waals surface area contributed by atoms with Crippen LogP contribution < -0.4 is 10.6 Å². The van der Waals surface area contributed by atoms with Crippen LogP contribution in [0, 0.1) is 12.7 Å². The number of halogens is 1. The highest BCUT2D eigenvalue weighted by atomic mass is 19.1. The Morgan fingerprint density at radius 2 is 2.03 bits per heavy atom. The molecule has 3 N–H and O–H groups in total. The molecule has 3 aromatic heterocycles. The number of nitrogens with one attached hydrogen (secondary N) is 3. The predicted molar refractivity (Wildman–Crippen MR) is 115 cm³/mol. The van der Waals surface area contributed by atoms with Gasteiger partial charge >= 0.3 is 0 Å². The van der Waals surface area contributed by atoms with E-state index in [1.807, 2.05) is 39.2 Å². The topological polar surface area (TPSA) is 103 Å². The lowest BCUT2D eigenvalue weighted by atomic mass is 10.1. The lowest BCUT2D eigenvalue weighted by Gasteiger charge is -2.20. The Hall–Kier alpha value is -3.79. The van der Waals surface area contributed by atoms with E-state index in [1.165, 1.54) is 12.1 Å². The molecule has 9 nitrogen and oxygen atoms in total. The van der Waals surface area contributed by atoms with Gasteiger partial charge in [0.25, 0.3) is 0 Å². The molecule has 1 unspecified atom stereocenters. The van der Waals surface area contributed by atoms with Crippen LogP contribution >= 0.6 is 0 Å². The number of rotatable bonds is 7. The average molecular weight is 422 g/mol. The minimum atomic E-state index is -0.665. The molecule has 1 amide bonds. The number of fused-ring (bicyclic) bond motifs is 1. The van der Waals surface area contributed by atoms with Crippen LogP contribution in [0.5, 0.6) is 0 Å². The Kier molecular flexibility index (Phi) is 5.63. The van der Waals surface area contributed by atoms with Crippen molar-refractivity contribution < 1.29 is 9.18 Å². The lowest BCUT2D eigenvalue weighted by molar-refractivity contribution is -0.122. The quantitative estimate of drug-likeness (QED) is 0.423. The van der Waals surface area contributed by atoms with Crippen LogP contribution in [0.4, 0.5) is 16.0 Å². The number of carbonyl (C=O) groups is 1. The van der Waals surface area contributed by atoms with Crippen molar-refractivity contribution in [1.29, 1.82) is 0 Å². The number of nitrogens with zero attached hydrogens (tertiary/aromatic N) is 5. The van der Waals surface area contributed by atoms with Crippen LogP contribution in [0.2, 0.25) is 0 Å². The summed E-state index contributed by atoms with van der Waals surface area (Å²) in [5, 5.41) is 17.8. The Labute approximate surface area is 178 Å². The number of hydrogen-bond donors (Lipinski definition) is 3. The smallest absolute Gasteiger partial charge is 0.235 e. The zero-order valence-electron chi connectivity index (χ0n) is 17.4. The maximum atomic E-state index is 13.5. The highest BCUT2D eigenvalue weighted by Crippen LogP contribution is 2.25. The number of aromatic nitrogens is 5. The van der Waals surface area contributed by atoms with Gasteiger partial charge in [-0.1, -0.05) is 12.1 Å². The number of anilines is 2. The first-order chi connectivity index (χ1) is 14.9. The third kappa shape index (κ3) is 4.69. The van der Waals surface area contributed by atoms with Crippen molar-refractivity contribution in [2.75, 3.05) is 26.0 Å². The van der Waals surface area contributed by atoms with Gasteiger partial charge in [-0.15, -0.1) is 5.10 Å². The molecule has 0 aliphatic carbocycles. The fraction of sp³-hybridized carbons (Fsp3) is 0.238. The van der Waals surface area contributed by atoms with Crippen LogP contribution in [-0.2, 0) is 4.79 Å². The molecule has 0 saturated heterocycles. The van der Waals surface area contributed by atoms with Crippen molar-refractivity contribution in [3.8, 4) is 0 Å². The minimum absolute atomic E-state index is 0.196. The van der Waals surface area contributed by atoms with Crippen LogP contribution in [0.25, 0.3) is 5.52 Å². The minimum Gasteiger partial charge on any atom is -0.341 e. The van der Waals surface area contributed by atoms with Gasteiger partial charge in [0.2, 0.25) is 5.91 Å². The second-order valence-corrected chi connectivity index (χ2v) is 7.51. The number of benzene rings is 1. The van der Waals surface area contributed by atoms with Crippen molar-refractivity contribution in [3.05, 3.63) is 71.6 Å². The van der Waals surface area contributed by atoms with Gasteiger partial charge in [-0.2, -0.15) is 5.10 Å². The van der Waals surface area contributed by atoms with Crippen molar-refractivity contribution in [2.45, 2.75) is 13.0 Å². The molecule has 0 bridgehead atoms. The number of hydrogen-bond acceptors (Lipinski definition) is 6. The summed E-state index contributed by atoms with van der Waals surface area (Å²) in [6.45, 7) is 2.10. The predicted octanol–water partition coefficient (Wildman–Crippen LogP) is 2.41. The van der Waals surface area contributed by atoms with E-state index in [-0.39, 0.29) is 18.3 Å². The van der Waals surface area contributed by atoms with Crippen LogP contribution in [-0.4, -0.2) is 56.2 Å². The number of aryl methyl sites for hydroxylation is 1. The average Bonchev–Trinajstić information content (AvgIpc) is 3.35. The third-order valence-corrected chi connectivity index (χ3v) is 4.59. The molecular weight excluding hydrogens is 399 g/mol. The summed E-state index contributed by atoms with van der Waals surface area (Å²) in [5.41, 5.74) is 2.33. The van der Waals surface area contributed by atoms with E-state index < -0.39 is 6.04 Å². The summed E-state index contributed by atoms with van der Waals surface area (Å²) in [6, 6.07) is 10.8. The molecule has 0 radical (unpaired) electrons. The van der Waals surface area contributed by atoms with Gasteiger partial charge in [0.1, 0.15) is 17.4 Å². The first-order valence-corrected chi connectivity index (χ1v) is 9.73. The van der Waals surface area contributed by atoms with E-state index in [0.29, 0.717) is 23.0 Å². The number of amides is 1. The van der Waals surface area contributed by atoms with Crippen molar-refractivity contribution in [3.63, 3.8) is 0 Å². The number of H-pyrrole nitrogens is 1. The molecule has 0 spiro atoms. The van der Waals surface area contributed by atoms with E-state index >= 15 is 0 Å². The molecule has 31 heavy (non-hydrogen) atoms. The molecule has 1 aromatic carbocycles. The fourth-order valence-electron chi connectivity index (χ4n) is 3.22. The molecule has 4 rings (SSSR count). The molecular formula is C21H23FN8O. The van der Waals surface area contributed by atoms with E-state index in [1.54, 1.807) is 27.7 Å².